The number of aliphatic hydroxyl groups excluding tert-OH is 1. The molecule has 2 unspecified atom stereocenters. The SMILES string of the molecule is CCC(C)/C=C/[C@@H](O)CCC(OC)C(N)=O. The minimum atomic E-state index is -0.605. The number of methoxy groups -OCH3 is 1. The molecule has 4 nitrogen and oxygen atoms in total. The lowest BCUT2D eigenvalue weighted by atomic mass is 10.1. The zero-order valence-corrected chi connectivity index (χ0v) is 10.3. The minimum absolute atomic E-state index is 0.442. The van der Waals surface area contributed by atoms with E-state index < -0.39 is 18.1 Å². The van der Waals surface area contributed by atoms with Gasteiger partial charge in [-0.15, -0.1) is 0 Å². The van der Waals surface area contributed by atoms with Crippen LogP contribution in [0.25, 0.3) is 0 Å². The summed E-state index contributed by atoms with van der Waals surface area (Å²) in [6, 6.07) is 0. The Balaban J connectivity index is 3.92. The fraction of sp³-hybridized carbons (Fsp3) is 0.750. The molecule has 0 aromatic heterocycles. The van der Waals surface area contributed by atoms with Crippen LogP contribution >= 0.6 is 0 Å². The number of amides is 1. The van der Waals surface area contributed by atoms with Gasteiger partial charge < -0.3 is 15.6 Å². The summed E-state index contributed by atoms with van der Waals surface area (Å²) in [5, 5.41) is 9.63. The maximum Gasteiger partial charge on any atom is 0.246 e. The van der Waals surface area contributed by atoms with Crippen LogP contribution in [0.4, 0.5) is 0 Å². The van der Waals surface area contributed by atoms with Crippen molar-refractivity contribution in [1.82, 2.24) is 0 Å². The molecule has 0 spiro atoms. The molecule has 0 bridgehead atoms. The van der Waals surface area contributed by atoms with E-state index >= 15 is 0 Å². The Morgan fingerprint density at radius 3 is 2.50 bits per heavy atom. The van der Waals surface area contributed by atoms with E-state index in [1.54, 1.807) is 6.08 Å². The van der Waals surface area contributed by atoms with Gasteiger partial charge in [-0.2, -0.15) is 0 Å². The highest BCUT2D eigenvalue weighted by molar-refractivity contribution is 5.78. The van der Waals surface area contributed by atoms with Crippen molar-refractivity contribution in [3.63, 3.8) is 0 Å². The molecule has 0 aliphatic heterocycles. The zero-order chi connectivity index (χ0) is 12.6. The number of allylic oxidation sites excluding steroid dienone is 1. The van der Waals surface area contributed by atoms with E-state index in [4.69, 9.17) is 10.5 Å². The monoisotopic (exact) mass is 229 g/mol. The van der Waals surface area contributed by atoms with E-state index in [9.17, 15) is 9.90 Å². The average molecular weight is 229 g/mol. The van der Waals surface area contributed by atoms with E-state index in [0.29, 0.717) is 18.8 Å². The fourth-order valence-electron chi connectivity index (χ4n) is 1.25. The highest BCUT2D eigenvalue weighted by Gasteiger charge is 2.15. The summed E-state index contributed by atoms with van der Waals surface area (Å²) in [6.07, 6.45) is 4.58. The number of primary amides is 1. The number of hydrogen-bond donors (Lipinski definition) is 2. The van der Waals surface area contributed by atoms with Crippen molar-refractivity contribution in [3.05, 3.63) is 12.2 Å². The Kier molecular flexibility index (Phi) is 7.85. The molecule has 3 N–H and O–H groups in total. The number of carbonyl (C=O) groups is 1. The molecule has 1 amide bonds. The van der Waals surface area contributed by atoms with Crippen molar-refractivity contribution in [2.24, 2.45) is 11.7 Å². The third-order valence-electron chi connectivity index (χ3n) is 2.63. The third kappa shape index (κ3) is 6.58. The third-order valence-corrected chi connectivity index (χ3v) is 2.63. The van der Waals surface area contributed by atoms with Gasteiger partial charge in [-0.05, 0) is 18.8 Å². The first kappa shape index (κ1) is 15.1. The van der Waals surface area contributed by atoms with Crippen LogP contribution in [0.15, 0.2) is 12.2 Å². The second-order valence-corrected chi connectivity index (χ2v) is 4.04. The van der Waals surface area contributed by atoms with Crippen LogP contribution < -0.4 is 5.73 Å². The fourth-order valence-corrected chi connectivity index (χ4v) is 1.25. The second kappa shape index (κ2) is 8.30. The quantitative estimate of drug-likeness (QED) is 0.615. The Bertz CT molecular complexity index is 228. The smallest absolute Gasteiger partial charge is 0.246 e. The number of hydrogen-bond acceptors (Lipinski definition) is 3. The van der Waals surface area contributed by atoms with Gasteiger partial charge in [-0.1, -0.05) is 32.4 Å². The predicted octanol–water partition coefficient (Wildman–Crippen LogP) is 1.23. The summed E-state index contributed by atoms with van der Waals surface area (Å²) in [4.78, 5) is 10.9. The molecule has 3 atom stereocenters. The zero-order valence-electron chi connectivity index (χ0n) is 10.3. The average Bonchev–Trinajstić information content (AvgIpc) is 2.26. The Morgan fingerprint density at radius 2 is 2.06 bits per heavy atom. The number of ether oxygens (including phenoxy) is 1. The highest BCUT2D eigenvalue weighted by Crippen LogP contribution is 2.08. The molecule has 94 valence electrons. The summed E-state index contributed by atoms with van der Waals surface area (Å²) in [6.45, 7) is 4.18. The van der Waals surface area contributed by atoms with Gasteiger partial charge in [-0.3, -0.25) is 4.79 Å². The first-order valence-corrected chi connectivity index (χ1v) is 5.69. The molecule has 4 heteroatoms. The normalized spacial score (nSPS) is 17.2. The molecule has 0 saturated heterocycles. The van der Waals surface area contributed by atoms with Crippen molar-refractivity contribution in [2.75, 3.05) is 7.11 Å². The first-order valence-electron chi connectivity index (χ1n) is 5.69. The second-order valence-electron chi connectivity index (χ2n) is 4.04. The molecule has 0 saturated carbocycles. The molecular weight excluding hydrogens is 206 g/mol. The molecule has 0 radical (unpaired) electrons. The Morgan fingerprint density at radius 1 is 1.44 bits per heavy atom. The van der Waals surface area contributed by atoms with Gasteiger partial charge in [0.2, 0.25) is 5.91 Å². The molecular formula is C12H23NO3. The van der Waals surface area contributed by atoms with Crippen LogP contribution in [-0.4, -0.2) is 30.3 Å². The number of aliphatic hydroxyl groups is 1. The summed E-state index contributed by atoms with van der Waals surface area (Å²) in [5.41, 5.74) is 5.11. The molecule has 0 rings (SSSR count). The van der Waals surface area contributed by atoms with E-state index in [-0.39, 0.29) is 0 Å². The van der Waals surface area contributed by atoms with Gasteiger partial charge >= 0.3 is 0 Å². The summed E-state index contributed by atoms with van der Waals surface area (Å²) in [5.74, 6) is -0.0235. The van der Waals surface area contributed by atoms with E-state index in [0.717, 1.165) is 6.42 Å². The van der Waals surface area contributed by atoms with Gasteiger partial charge in [-0.25, -0.2) is 0 Å². The molecule has 0 aromatic rings. The Labute approximate surface area is 97.5 Å². The van der Waals surface area contributed by atoms with Gasteiger partial charge in [0.25, 0.3) is 0 Å². The van der Waals surface area contributed by atoms with Crippen LogP contribution in [0.1, 0.15) is 33.1 Å². The molecule has 0 aliphatic rings. The van der Waals surface area contributed by atoms with Gasteiger partial charge in [0.1, 0.15) is 6.10 Å². The van der Waals surface area contributed by atoms with E-state index in [2.05, 4.69) is 13.8 Å². The minimum Gasteiger partial charge on any atom is -0.389 e. The summed E-state index contributed by atoms with van der Waals surface area (Å²) < 4.78 is 4.90. The number of rotatable bonds is 8. The molecule has 0 aromatic carbocycles. The molecule has 0 heterocycles. The largest absolute Gasteiger partial charge is 0.389 e. The maximum atomic E-state index is 10.9. The van der Waals surface area contributed by atoms with Crippen molar-refractivity contribution >= 4 is 5.91 Å². The molecule has 0 aliphatic carbocycles. The van der Waals surface area contributed by atoms with Gasteiger partial charge in [0.15, 0.2) is 0 Å². The van der Waals surface area contributed by atoms with E-state index in [1.807, 2.05) is 6.08 Å². The Hall–Kier alpha value is -0.870. The van der Waals surface area contributed by atoms with Crippen LogP contribution in [0.2, 0.25) is 0 Å². The summed E-state index contributed by atoms with van der Waals surface area (Å²) in [7, 11) is 1.44. The highest BCUT2D eigenvalue weighted by atomic mass is 16.5. The van der Waals surface area contributed by atoms with Crippen molar-refractivity contribution < 1.29 is 14.6 Å². The van der Waals surface area contributed by atoms with Crippen LogP contribution in [0.3, 0.4) is 0 Å². The van der Waals surface area contributed by atoms with Crippen LogP contribution in [-0.2, 0) is 9.53 Å². The van der Waals surface area contributed by atoms with Crippen molar-refractivity contribution in [3.8, 4) is 0 Å². The maximum absolute atomic E-state index is 10.9. The predicted molar refractivity (Wildman–Crippen MR) is 63.8 cm³/mol. The topological polar surface area (TPSA) is 72.6 Å². The van der Waals surface area contributed by atoms with E-state index in [1.165, 1.54) is 7.11 Å². The van der Waals surface area contributed by atoms with Gasteiger partial charge in [0.05, 0.1) is 6.10 Å². The van der Waals surface area contributed by atoms with Crippen LogP contribution in [0.5, 0.6) is 0 Å². The lowest BCUT2D eigenvalue weighted by Crippen LogP contribution is -2.30. The van der Waals surface area contributed by atoms with Gasteiger partial charge in [0, 0.05) is 7.11 Å². The lowest BCUT2D eigenvalue weighted by molar-refractivity contribution is -0.128. The standard InChI is InChI=1S/C12H23NO3/c1-4-9(2)5-6-10(14)7-8-11(16-3)12(13)15/h5-6,9-11,14H,4,7-8H2,1-3H3,(H2,13,15)/b6-5+/t9?,10-,11?/m1/s1. The number of nitrogens with two attached hydrogens (primary N) is 1. The van der Waals surface area contributed by atoms with Crippen LogP contribution in [0, 0.1) is 5.92 Å². The van der Waals surface area contributed by atoms with Crippen molar-refractivity contribution in [1.29, 1.82) is 0 Å². The lowest BCUT2D eigenvalue weighted by Gasteiger charge is -2.12. The number of carbonyl (C=O) groups excluding carboxylic acids is 1. The first-order chi connectivity index (χ1) is 7.51. The molecule has 0 fully saturated rings. The van der Waals surface area contributed by atoms with Crippen molar-refractivity contribution in [2.45, 2.75) is 45.3 Å². The molecule has 16 heavy (non-hydrogen) atoms. The summed E-state index contributed by atoms with van der Waals surface area (Å²) >= 11 is 0.